The summed E-state index contributed by atoms with van der Waals surface area (Å²) in [6.07, 6.45) is 1.84. The molecule has 0 saturated carbocycles. The number of benzene rings is 3. The van der Waals surface area contributed by atoms with E-state index < -0.39 is 0 Å². The molecule has 3 aromatic carbocycles. The van der Waals surface area contributed by atoms with Gasteiger partial charge in [-0.2, -0.15) is 0 Å². The molecular weight excluding hydrogens is 516 g/mol. The van der Waals surface area contributed by atoms with Crippen molar-refractivity contribution in [3.8, 4) is 0 Å². The molecule has 0 spiro atoms. The number of halogens is 1. The molecule has 0 saturated heterocycles. The predicted octanol–water partition coefficient (Wildman–Crippen LogP) is 7.87. The standard InChI is InChI=1S/C34H43ClN4O/c1-6-26-15-17-28(18-16-26)34(40)38(22-12-21-37(7-2)8-3)32(25(4)5)33-36-30-23-29(35)19-20-31(30)39(33)24-27-13-10-9-11-14-27/h9-11,13-20,23,25,32H,6-8,12,21-22,24H2,1-5H3. The summed E-state index contributed by atoms with van der Waals surface area (Å²) in [4.78, 5) is 23.9. The zero-order valence-electron chi connectivity index (χ0n) is 24.6. The molecule has 0 radical (unpaired) electrons. The van der Waals surface area contributed by atoms with Gasteiger partial charge < -0.3 is 14.4 Å². The van der Waals surface area contributed by atoms with Crippen LogP contribution in [0.3, 0.4) is 0 Å². The minimum atomic E-state index is -0.204. The molecule has 5 nitrogen and oxygen atoms in total. The van der Waals surface area contributed by atoms with Crippen LogP contribution in [0, 0.1) is 5.92 Å². The third-order valence-corrected chi connectivity index (χ3v) is 8.03. The molecular formula is C34H43ClN4O. The molecule has 0 aliphatic heterocycles. The zero-order chi connectivity index (χ0) is 28.6. The lowest BCUT2D eigenvalue weighted by molar-refractivity contribution is 0.0595. The Morgan fingerprint density at radius 1 is 0.900 bits per heavy atom. The fraction of sp³-hybridized carbons (Fsp3) is 0.412. The van der Waals surface area contributed by atoms with Crippen LogP contribution in [0.5, 0.6) is 0 Å². The smallest absolute Gasteiger partial charge is 0.254 e. The van der Waals surface area contributed by atoms with Crippen molar-refractivity contribution in [2.75, 3.05) is 26.2 Å². The lowest BCUT2D eigenvalue weighted by Crippen LogP contribution is -2.40. The molecule has 40 heavy (non-hydrogen) atoms. The molecule has 0 N–H and O–H groups in total. The Kier molecular flexibility index (Phi) is 10.4. The number of carbonyl (C=O) groups excluding carboxylic acids is 1. The minimum Gasteiger partial charge on any atom is -0.328 e. The molecule has 1 aromatic heterocycles. The van der Waals surface area contributed by atoms with Crippen molar-refractivity contribution in [1.29, 1.82) is 0 Å². The zero-order valence-corrected chi connectivity index (χ0v) is 25.4. The largest absolute Gasteiger partial charge is 0.328 e. The second-order valence-corrected chi connectivity index (χ2v) is 11.2. The van der Waals surface area contributed by atoms with Gasteiger partial charge in [-0.3, -0.25) is 4.79 Å². The second-order valence-electron chi connectivity index (χ2n) is 10.8. The third-order valence-electron chi connectivity index (χ3n) is 7.79. The van der Waals surface area contributed by atoms with Crippen LogP contribution in [0.25, 0.3) is 11.0 Å². The molecule has 6 heteroatoms. The van der Waals surface area contributed by atoms with Gasteiger partial charge in [0.1, 0.15) is 5.82 Å². The van der Waals surface area contributed by atoms with Crippen LogP contribution >= 0.6 is 11.6 Å². The Balaban J connectivity index is 1.81. The summed E-state index contributed by atoms with van der Waals surface area (Å²) in [5, 5.41) is 0.660. The van der Waals surface area contributed by atoms with Crippen LogP contribution in [-0.4, -0.2) is 51.4 Å². The van der Waals surface area contributed by atoms with Gasteiger partial charge in [-0.1, -0.05) is 88.7 Å². The molecule has 0 fully saturated rings. The molecule has 4 aromatic rings. The van der Waals surface area contributed by atoms with Crippen LogP contribution in [0.1, 0.15) is 74.4 Å². The average Bonchev–Trinajstić information content (AvgIpc) is 3.30. The molecule has 0 bridgehead atoms. The number of carbonyl (C=O) groups is 1. The summed E-state index contributed by atoms with van der Waals surface area (Å²) in [6, 6.07) is 24.2. The van der Waals surface area contributed by atoms with Crippen molar-refractivity contribution in [2.24, 2.45) is 5.92 Å². The predicted molar refractivity (Wildman–Crippen MR) is 167 cm³/mol. The summed E-state index contributed by atoms with van der Waals surface area (Å²) in [5.74, 6) is 1.10. The topological polar surface area (TPSA) is 41.4 Å². The van der Waals surface area contributed by atoms with Crippen molar-refractivity contribution in [2.45, 2.75) is 60.0 Å². The molecule has 1 heterocycles. The van der Waals surface area contributed by atoms with Gasteiger partial charge in [0, 0.05) is 23.7 Å². The fourth-order valence-electron chi connectivity index (χ4n) is 5.50. The van der Waals surface area contributed by atoms with Crippen LogP contribution in [0.15, 0.2) is 72.8 Å². The number of imidazole rings is 1. The van der Waals surface area contributed by atoms with E-state index in [1.807, 2.05) is 36.4 Å². The first-order valence-electron chi connectivity index (χ1n) is 14.7. The maximum Gasteiger partial charge on any atom is 0.254 e. The van der Waals surface area contributed by atoms with E-state index in [4.69, 9.17) is 16.6 Å². The van der Waals surface area contributed by atoms with Crippen LogP contribution in [-0.2, 0) is 13.0 Å². The van der Waals surface area contributed by atoms with Crippen molar-refractivity contribution in [1.82, 2.24) is 19.4 Å². The van der Waals surface area contributed by atoms with E-state index in [2.05, 4.69) is 85.4 Å². The maximum atomic E-state index is 14.3. The number of amides is 1. The van der Waals surface area contributed by atoms with Gasteiger partial charge in [0.05, 0.1) is 17.1 Å². The van der Waals surface area contributed by atoms with Gasteiger partial charge >= 0.3 is 0 Å². The van der Waals surface area contributed by atoms with Gasteiger partial charge in [0.25, 0.3) is 5.91 Å². The van der Waals surface area contributed by atoms with E-state index >= 15 is 0 Å². The summed E-state index contributed by atoms with van der Waals surface area (Å²) < 4.78 is 2.27. The minimum absolute atomic E-state index is 0.0530. The fourth-order valence-corrected chi connectivity index (χ4v) is 5.66. The van der Waals surface area contributed by atoms with Crippen molar-refractivity contribution in [3.63, 3.8) is 0 Å². The lowest BCUT2D eigenvalue weighted by atomic mass is 9.99. The Morgan fingerprint density at radius 3 is 2.23 bits per heavy atom. The summed E-state index contributed by atoms with van der Waals surface area (Å²) in [7, 11) is 0. The first-order chi connectivity index (χ1) is 19.4. The first-order valence-corrected chi connectivity index (χ1v) is 15.1. The average molecular weight is 559 g/mol. The summed E-state index contributed by atoms with van der Waals surface area (Å²) in [6.45, 7) is 15.2. The highest BCUT2D eigenvalue weighted by molar-refractivity contribution is 6.31. The quantitative estimate of drug-likeness (QED) is 0.168. The van der Waals surface area contributed by atoms with Crippen LogP contribution in [0.4, 0.5) is 0 Å². The van der Waals surface area contributed by atoms with Gasteiger partial charge in [-0.15, -0.1) is 0 Å². The van der Waals surface area contributed by atoms with E-state index in [-0.39, 0.29) is 17.9 Å². The number of rotatable bonds is 13. The third kappa shape index (κ3) is 6.94. The monoisotopic (exact) mass is 558 g/mol. The number of nitrogens with zero attached hydrogens (tertiary/aromatic N) is 4. The molecule has 212 valence electrons. The summed E-state index contributed by atoms with van der Waals surface area (Å²) in [5.41, 5.74) is 5.02. The van der Waals surface area contributed by atoms with Gasteiger partial charge in [0.2, 0.25) is 0 Å². The SMILES string of the molecule is CCc1ccc(C(=O)N(CCCN(CC)CC)C(c2nc3cc(Cl)ccc3n2Cc2ccccc2)C(C)C)cc1. The van der Waals surface area contributed by atoms with E-state index in [1.54, 1.807) is 0 Å². The van der Waals surface area contributed by atoms with E-state index in [0.29, 0.717) is 18.1 Å². The Hall–Kier alpha value is -3.15. The van der Waals surface area contributed by atoms with Crippen LogP contribution in [0.2, 0.25) is 5.02 Å². The summed E-state index contributed by atoms with van der Waals surface area (Å²) >= 11 is 6.41. The highest BCUT2D eigenvalue weighted by atomic mass is 35.5. The van der Waals surface area contributed by atoms with Crippen molar-refractivity contribution in [3.05, 3.63) is 100 Å². The molecule has 1 unspecified atom stereocenters. The number of aryl methyl sites for hydroxylation is 1. The number of hydrogen-bond donors (Lipinski definition) is 0. The van der Waals surface area contributed by atoms with Crippen molar-refractivity contribution >= 4 is 28.5 Å². The van der Waals surface area contributed by atoms with Gasteiger partial charge in [0.15, 0.2) is 0 Å². The van der Waals surface area contributed by atoms with Crippen LogP contribution < -0.4 is 0 Å². The Morgan fingerprint density at radius 2 is 1.60 bits per heavy atom. The number of aromatic nitrogens is 2. The number of fused-ring (bicyclic) bond motifs is 1. The Bertz CT molecular complexity index is 1380. The lowest BCUT2D eigenvalue weighted by Gasteiger charge is -2.35. The highest BCUT2D eigenvalue weighted by Crippen LogP contribution is 2.34. The second kappa shape index (κ2) is 14.0. The molecule has 1 amide bonds. The molecule has 0 aliphatic carbocycles. The molecule has 1 atom stereocenters. The molecule has 0 aliphatic rings. The Labute approximate surface area is 244 Å². The van der Waals surface area contributed by atoms with E-state index in [1.165, 1.54) is 11.1 Å². The maximum absolute atomic E-state index is 14.3. The van der Waals surface area contributed by atoms with Gasteiger partial charge in [-0.05, 0) is 79.9 Å². The number of hydrogen-bond acceptors (Lipinski definition) is 3. The van der Waals surface area contributed by atoms with E-state index in [9.17, 15) is 4.79 Å². The first kappa shape index (κ1) is 29.8. The van der Waals surface area contributed by atoms with E-state index in [0.717, 1.165) is 54.9 Å². The highest BCUT2D eigenvalue weighted by Gasteiger charge is 2.33. The normalized spacial score (nSPS) is 12.4. The van der Waals surface area contributed by atoms with Gasteiger partial charge in [-0.25, -0.2) is 4.98 Å². The molecule has 4 rings (SSSR count). The van der Waals surface area contributed by atoms with Crippen molar-refractivity contribution < 1.29 is 4.79 Å².